The van der Waals surface area contributed by atoms with Crippen LogP contribution in [0.3, 0.4) is 0 Å². The van der Waals surface area contributed by atoms with Gasteiger partial charge in [-0.25, -0.2) is 4.99 Å². The Balaban J connectivity index is 0.00000512. The van der Waals surface area contributed by atoms with E-state index < -0.39 is 0 Å². The number of carbonyl (C=O) groups excluding carboxylic acids is 2. The summed E-state index contributed by atoms with van der Waals surface area (Å²) in [4.78, 5) is 30.9. The van der Waals surface area contributed by atoms with Gasteiger partial charge in [0.15, 0.2) is 5.96 Å². The van der Waals surface area contributed by atoms with Gasteiger partial charge in [-0.15, -0.1) is 24.0 Å². The zero-order valence-electron chi connectivity index (χ0n) is 19.0. The summed E-state index contributed by atoms with van der Waals surface area (Å²) in [5, 5.41) is 9.22. The van der Waals surface area contributed by atoms with Crippen molar-refractivity contribution in [3.63, 3.8) is 0 Å². The molecule has 1 aromatic heterocycles. The van der Waals surface area contributed by atoms with Crippen LogP contribution in [0.1, 0.15) is 48.9 Å². The number of benzene rings is 1. The lowest BCUT2D eigenvalue weighted by atomic mass is 10.1. The summed E-state index contributed by atoms with van der Waals surface area (Å²) in [5.41, 5.74) is 1.49. The molecule has 2 rings (SSSR count). The van der Waals surface area contributed by atoms with Crippen molar-refractivity contribution in [2.75, 3.05) is 26.2 Å². The summed E-state index contributed by atoms with van der Waals surface area (Å²) < 4.78 is 5.23. The zero-order valence-corrected chi connectivity index (χ0v) is 21.3. The summed E-state index contributed by atoms with van der Waals surface area (Å²) in [5.74, 6) is 1.31. The third-order valence-electron chi connectivity index (χ3n) is 4.70. The molecule has 1 heterocycles. The minimum absolute atomic E-state index is 0. The molecule has 0 saturated heterocycles. The number of nitrogens with zero attached hydrogens (tertiary/aromatic N) is 2. The van der Waals surface area contributed by atoms with Gasteiger partial charge in [0.1, 0.15) is 5.76 Å². The summed E-state index contributed by atoms with van der Waals surface area (Å²) >= 11 is 0. The number of hydrogen-bond acceptors (Lipinski definition) is 4. The first-order valence-corrected chi connectivity index (χ1v) is 10.8. The molecule has 0 unspecified atom stereocenters. The average molecular weight is 555 g/mol. The minimum Gasteiger partial charge on any atom is -0.467 e. The molecule has 0 aliphatic carbocycles. The maximum absolute atomic E-state index is 12.4. The Morgan fingerprint density at radius 1 is 1.03 bits per heavy atom. The molecule has 2 aromatic rings. The molecule has 0 fully saturated rings. The van der Waals surface area contributed by atoms with Crippen molar-refractivity contribution in [2.24, 2.45) is 4.99 Å². The average Bonchev–Trinajstić information content (AvgIpc) is 3.30. The van der Waals surface area contributed by atoms with Gasteiger partial charge >= 0.3 is 0 Å². The van der Waals surface area contributed by atoms with Crippen molar-refractivity contribution in [2.45, 2.75) is 40.3 Å². The third-order valence-corrected chi connectivity index (χ3v) is 4.70. The molecule has 1 aromatic carbocycles. The van der Waals surface area contributed by atoms with Crippen LogP contribution in [-0.2, 0) is 17.9 Å². The van der Waals surface area contributed by atoms with E-state index in [1.165, 1.54) is 0 Å². The van der Waals surface area contributed by atoms with Crippen molar-refractivity contribution < 1.29 is 14.0 Å². The summed E-state index contributed by atoms with van der Waals surface area (Å²) in [6, 6.07) is 11.0. The summed E-state index contributed by atoms with van der Waals surface area (Å²) in [6.45, 7) is 9.36. The largest absolute Gasteiger partial charge is 0.467 e. The Hall–Kier alpha value is -2.56. The number of rotatable bonds is 11. The Labute approximate surface area is 207 Å². The van der Waals surface area contributed by atoms with Gasteiger partial charge in [0, 0.05) is 38.2 Å². The van der Waals surface area contributed by atoms with Gasteiger partial charge in [-0.3, -0.25) is 9.59 Å². The molecule has 0 aliphatic heterocycles. The Morgan fingerprint density at radius 3 is 2.47 bits per heavy atom. The number of nitrogens with one attached hydrogen (secondary N) is 3. The highest BCUT2D eigenvalue weighted by Gasteiger charge is 2.10. The van der Waals surface area contributed by atoms with Crippen LogP contribution in [0.4, 0.5) is 0 Å². The van der Waals surface area contributed by atoms with Gasteiger partial charge in [-0.1, -0.05) is 12.1 Å². The number of halogens is 1. The molecule has 0 atom stereocenters. The lowest BCUT2D eigenvalue weighted by Gasteiger charge is -2.19. The first-order chi connectivity index (χ1) is 15.1. The molecule has 9 heteroatoms. The number of aliphatic imine (C=N–C) groups is 1. The van der Waals surface area contributed by atoms with Crippen LogP contribution in [-0.4, -0.2) is 48.9 Å². The van der Waals surface area contributed by atoms with Crippen LogP contribution >= 0.6 is 24.0 Å². The van der Waals surface area contributed by atoms with Gasteiger partial charge in [0.25, 0.3) is 5.91 Å². The van der Waals surface area contributed by atoms with E-state index in [0.29, 0.717) is 49.9 Å². The van der Waals surface area contributed by atoms with Crippen molar-refractivity contribution in [1.29, 1.82) is 0 Å². The first-order valence-electron chi connectivity index (χ1n) is 10.8. The van der Waals surface area contributed by atoms with Crippen molar-refractivity contribution in [1.82, 2.24) is 20.9 Å². The SMILES string of the molecule is CCNC(=NCc1cccc(C(=O)NCc2ccco2)c1)NCCC(=O)N(CC)CC.I. The van der Waals surface area contributed by atoms with Crippen LogP contribution in [0.15, 0.2) is 52.1 Å². The topological polar surface area (TPSA) is 99.0 Å². The van der Waals surface area contributed by atoms with Crippen molar-refractivity contribution >= 4 is 41.8 Å². The molecule has 32 heavy (non-hydrogen) atoms. The Kier molecular flexibility index (Phi) is 13.1. The smallest absolute Gasteiger partial charge is 0.251 e. The van der Waals surface area contributed by atoms with Gasteiger partial charge < -0.3 is 25.3 Å². The van der Waals surface area contributed by atoms with E-state index in [-0.39, 0.29) is 35.8 Å². The fraction of sp³-hybridized carbons (Fsp3) is 0.435. The fourth-order valence-corrected chi connectivity index (χ4v) is 3.03. The van der Waals surface area contributed by atoms with Crippen molar-refractivity contribution in [3.8, 4) is 0 Å². The lowest BCUT2D eigenvalue weighted by Crippen LogP contribution is -2.40. The molecule has 0 spiro atoms. The predicted octanol–water partition coefficient (Wildman–Crippen LogP) is 3.14. The normalized spacial score (nSPS) is 10.8. The second-order valence-corrected chi connectivity index (χ2v) is 6.90. The van der Waals surface area contributed by atoms with Gasteiger partial charge in [-0.05, 0) is 50.6 Å². The minimum atomic E-state index is -0.165. The number of guanidine groups is 1. The van der Waals surface area contributed by atoms with Crippen LogP contribution < -0.4 is 16.0 Å². The van der Waals surface area contributed by atoms with E-state index in [4.69, 9.17) is 4.42 Å². The second kappa shape index (κ2) is 15.3. The van der Waals surface area contributed by atoms with Crippen LogP contribution in [0, 0.1) is 0 Å². The molecule has 8 nitrogen and oxygen atoms in total. The molecule has 0 saturated carbocycles. The Bertz CT molecular complexity index is 851. The van der Waals surface area contributed by atoms with E-state index in [1.54, 1.807) is 18.4 Å². The molecule has 0 bridgehead atoms. The molecule has 0 radical (unpaired) electrons. The summed E-state index contributed by atoms with van der Waals surface area (Å²) in [7, 11) is 0. The first kappa shape index (κ1) is 27.5. The highest BCUT2D eigenvalue weighted by molar-refractivity contribution is 14.0. The number of hydrogen-bond donors (Lipinski definition) is 3. The Morgan fingerprint density at radius 2 is 1.81 bits per heavy atom. The highest BCUT2D eigenvalue weighted by atomic mass is 127. The van der Waals surface area contributed by atoms with E-state index in [1.807, 2.05) is 49.9 Å². The second-order valence-electron chi connectivity index (χ2n) is 6.90. The zero-order chi connectivity index (χ0) is 22.5. The highest BCUT2D eigenvalue weighted by Crippen LogP contribution is 2.08. The predicted molar refractivity (Wildman–Crippen MR) is 137 cm³/mol. The lowest BCUT2D eigenvalue weighted by molar-refractivity contribution is -0.130. The number of amides is 2. The number of carbonyl (C=O) groups is 2. The van der Waals surface area contributed by atoms with Crippen LogP contribution in [0.25, 0.3) is 0 Å². The maximum atomic E-state index is 12.4. The molecule has 3 N–H and O–H groups in total. The third kappa shape index (κ3) is 9.29. The fourth-order valence-electron chi connectivity index (χ4n) is 3.03. The molecular weight excluding hydrogens is 521 g/mol. The van der Waals surface area contributed by atoms with Gasteiger partial charge in [0.2, 0.25) is 5.91 Å². The van der Waals surface area contributed by atoms with Crippen molar-refractivity contribution in [3.05, 3.63) is 59.5 Å². The van der Waals surface area contributed by atoms with E-state index in [2.05, 4.69) is 20.9 Å². The monoisotopic (exact) mass is 555 g/mol. The van der Waals surface area contributed by atoms with E-state index in [9.17, 15) is 9.59 Å². The molecule has 176 valence electrons. The quantitative estimate of drug-likeness (QED) is 0.225. The van der Waals surface area contributed by atoms with Crippen LogP contribution in [0.2, 0.25) is 0 Å². The number of furan rings is 1. The van der Waals surface area contributed by atoms with Gasteiger partial charge in [-0.2, -0.15) is 0 Å². The maximum Gasteiger partial charge on any atom is 0.251 e. The van der Waals surface area contributed by atoms with Crippen LogP contribution in [0.5, 0.6) is 0 Å². The van der Waals surface area contributed by atoms with Gasteiger partial charge in [0.05, 0.1) is 19.4 Å². The molecule has 2 amide bonds. The summed E-state index contributed by atoms with van der Waals surface area (Å²) in [6.07, 6.45) is 1.99. The van der Waals surface area contributed by atoms with E-state index >= 15 is 0 Å². The van der Waals surface area contributed by atoms with E-state index in [0.717, 1.165) is 18.7 Å². The molecule has 0 aliphatic rings. The standard InChI is InChI=1S/C23H33N5O3.HI/c1-4-24-23(25-13-12-21(29)28(5-2)6-3)27-16-18-9-7-10-19(15-18)22(30)26-17-20-11-8-14-31-20;/h7-11,14-15H,4-6,12-13,16-17H2,1-3H3,(H,26,30)(H2,24,25,27);1H. The molecular formula is C23H34IN5O3.